The van der Waals surface area contributed by atoms with Crippen molar-refractivity contribution < 1.29 is 28.8 Å². The molecule has 0 spiro atoms. The first-order valence-corrected chi connectivity index (χ1v) is 11.3. The largest absolute Gasteiger partial charge is 0.438 e. The molecule has 0 amide bonds. The fourth-order valence-corrected chi connectivity index (χ4v) is 4.27. The van der Waals surface area contributed by atoms with Crippen LogP contribution in [0.3, 0.4) is 0 Å². The fraction of sp³-hybridized carbons (Fsp3) is 0. The maximum atomic E-state index is 13.1. The van der Waals surface area contributed by atoms with E-state index in [4.69, 9.17) is 32.7 Å². The molecule has 182 valence electrons. The van der Waals surface area contributed by atoms with Gasteiger partial charge in [0.1, 0.15) is 27.6 Å². The first-order chi connectivity index (χ1) is 17.7. The van der Waals surface area contributed by atoms with Crippen LogP contribution in [-0.4, -0.2) is 27.4 Å². The minimum absolute atomic E-state index is 0.0273. The van der Waals surface area contributed by atoms with Gasteiger partial charge in [0.2, 0.25) is 11.7 Å². The van der Waals surface area contributed by atoms with Crippen LogP contribution in [0.2, 0.25) is 10.0 Å². The predicted octanol–water partition coefficient (Wildman–Crippen LogP) is 6.08. The molecule has 1 aromatic heterocycles. The van der Waals surface area contributed by atoms with Crippen LogP contribution in [0.1, 0.15) is 42.2 Å². The van der Waals surface area contributed by atoms with Gasteiger partial charge in [-0.3, -0.25) is 19.7 Å². The van der Waals surface area contributed by atoms with E-state index in [0.29, 0.717) is 10.8 Å². The lowest BCUT2D eigenvalue weighted by atomic mass is 9.82. The van der Waals surface area contributed by atoms with E-state index in [-0.39, 0.29) is 33.3 Å². The molecule has 0 N–H and O–H groups in total. The summed E-state index contributed by atoms with van der Waals surface area (Å²) in [6.45, 7) is 0. The number of pyridine rings is 1. The summed E-state index contributed by atoms with van der Waals surface area (Å²) in [4.78, 5) is 54.0. The summed E-state index contributed by atoms with van der Waals surface area (Å²) in [6.07, 6.45) is 1.36. The van der Waals surface area contributed by atoms with Crippen molar-refractivity contribution in [1.29, 1.82) is 0 Å². The minimum atomic E-state index is -1.08. The van der Waals surface area contributed by atoms with Crippen LogP contribution < -0.4 is 9.47 Å². The Morgan fingerprint density at radius 3 is 2.16 bits per heavy atom. The molecule has 5 rings (SSSR count). The molecular formula is C26H12Cl2N2O7. The summed E-state index contributed by atoms with van der Waals surface area (Å²) in [7, 11) is 0. The molecule has 0 unspecified atom stereocenters. The lowest BCUT2D eigenvalue weighted by Crippen LogP contribution is -2.24. The van der Waals surface area contributed by atoms with Gasteiger partial charge in [-0.25, -0.2) is 9.78 Å². The molecule has 9 nitrogen and oxygen atoms in total. The van der Waals surface area contributed by atoms with Crippen LogP contribution in [0.15, 0.2) is 72.9 Å². The number of carbonyl (C=O) groups excluding carboxylic acids is 3. The van der Waals surface area contributed by atoms with Crippen molar-refractivity contribution in [3.63, 3.8) is 0 Å². The Morgan fingerprint density at radius 1 is 0.865 bits per heavy atom. The van der Waals surface area contributed by atoms with Gasteiger partial charge in [-0.05, 0) is 42.5 Å². The minimum Gasteiger partial charge on any atom is -0.438 e. The van der Waals surface area contributed by atoms with E-state index in [0.717, 1.165) is 6.07 Å². The molecule has 0 aliphatic heterocycles. The summed E-state index contributed by atoms with van der Waals surface area (Å²) >= 11 is 11.9. The van der Waals surface area contributed by atoms with Crippen LogP contribution in [0, 0.1) is 10.1 Å². The zero-order valence-corrected chi connectivity index (χ0v) is 19.9. The molecule has 37 heavy (non-hydrogen) atoms. The monoisotopic (exact) mass is 534 g/mol. The molecule has 4 aromatic rings. The molecule has 0 bridgehead atoms. The average Bonchev–Trinajstić information content (AvgIpc) is 2.89. The molecule has 1 aliphatic rings. The Kier molecular flexibility index (Phi) is 6.16. The number of nitro groups is 1. The van der Waals surface area contributed by atoms with Crippen molar-refractivity contribution in [2.45, 2.75) is 0 Å². The van der Waals surface area contributed by atoms with Crippen LogP contribution in [0.4, 0.5) is 5.69 Å². The van der Waals surface area contributed by atoms with Crippen molar-refractivity contribution in [1.82, 2.24) is 4.98 Å². The Balaban J connectivity index is 1.43. The number of ether oxygens (including phenoxy) is 2. The molecule has 0 saturated heterocycles. The first kappa shape index (κ1) is 24.1. The van der Waals surface area contributed by atoms with Gasteiger partial charge in [0, 0.05) is 22.9 Å². The van der Waals surface area contributed by atoms with Crippen LogP contribution in [0.25, 0.3) is 0 Å². The van der Waals surface area contributed by atoms with Crippen molar-refractivity contribution >= 4 is 46.4 Å². The smallest absolute Gasteiger partial charge is 0.350 e. The number of ketones is 2. The SMILES string of the molecule is O=C1c2ccccc2C(=O)c2c1ccc(C(=O)Oc1ccc(Oc3ncc(Cl)cc3Cl)cc1)c2[N+](=O)[O-]. The normalized spacial score (nSPS) is 11.9. The van der Waals surface area contributed by atoms with E-state index in [1.54, 1.807) is 12.1 Å². The number of halogens is 2. The molecule has 1 heterocycles. The van der Waals surface area contributed by atoms with Crippen molar-refractivity contribution in [3.8, 4) is 17.4 Å². The molecule has 0 atom stereocenters. The molecule has 11 heteroatoms. The molecule has 0 saturated carbocycles. The highest BCUT2D eigenvalue weighted by Crippen LogP contribution is 2.36. The predicted molar refractivity (Wildman–Crippen MR) is 132 cm³/mol. The number of carbonyl (C=O) groups is 3. The number of rotatable bonds is 5. The second-order valence-corrected chi connectivity index (χ2v) is 8.59. The Bertz CT molecular complexity index is 1630. The summed E-state index contributed by atoms with van der Waals surface area (Å²) in [5.74, 6) is -1.86. The average molecular weight is 535 g/mol. The third-order valence-corrected chi connectivity index (χ3v) is 5.97. The maximum absolute atomic E-state index is 13.1. The highest BCUT2D eigenvalue weighted by atomic mass is 35.5. The summed E-state index contributed by atoms with van der Waals surface area (Å²) in [6, 6.07) is 15.5. The van der Waals surface area contributed by atoms with Gasteiger partial charge in [-0.15, -0.1) is 0 Å². The number of aromatic nitrogens is 1. The third kappa shape index (κ3) is 4.42. The number of hydrogen-bond acceptors (Lipinski definition) is 8. The van der Waals surface area contributed by atoms with Gasteiger partial charge in [0.15, 0.2) is 5.78 Å². The Labute approximate surface area is 218 Å². The van der Waals surface area contributed by atoms with E-state index >= 15 is 0 Å². The summed E-state index contributed by atoms with van der Waals surface area (Å²) in [5.41, 5.74) is -1.69. The number of benzene rings is 3. The zero-order valence-electron chi connectivity index (χ0n) is 18.4. The second-order valence-electron chi connectivity index (χ2n) is 7.75. The second kappa shape index (κ2) is 9.45. The van der Waals surface area contributed by atoms with Gasteiger partial charge < -0.3 is 9.47 Å². The topological polar surface area (TPSA) is 126 Å². The summed E-state index contributed by atoms with van der Waals surface area (Å²) < 4.78 is 10.9. The van der Waals surface area contributed by atoms with E-state index in [1.807, 2.05) is 0 Å². The molecule has 0 fully saturated rings. The quantitative estimate of drug-likeness (QED) is 0.115. The first-order valence-electron chi connectivity index (χ1n) is 10.6. The number of fused-ring (bicyclic) bond motifs is 2. The summed E-state index contributed by atoms with van der Waals surface area (Å²) in [5, 5.41) is 12.5. The number of esters is 1. The van der Waals surface area contributed by atoms with Gasteiger partial charge in [0.05, 0.1) is 9.95 Å². The maximum Gasteiger partial charge on any atom is 0.350 e. The Hall–Kier alpha value is -4.60. The van der Waals surface area contributed by atoms with Gasteiger partial charge in [-0.1, -0.05) is 47.5 Å². The molecule has 0 radical (unpaired) electrons. The van der Waals surface area contributed by atoms with Crippen molar-refractivity contribution in [2.75, 3.05) is 0 Å². The highest BCUT2D eigenvalue weighted by molar-refractivity contribution is 6.35. The van der Waals surface area contributed by atoms with E-state index in [1.165, 1.54) is 54.7 Å². The number of nitro benzene ring substituents is 1. The van der Waals surface area contributed by atoms with Crippen molar-refractivity contribution in [3.05, 3.63) is 121 Å². The van der Waals surface area contributed by atoms with Gasteiger partial charge in [-0.2, -0.15) is 0 Å². The highest BCUT2D eigenvalue weighted by Gasteiger charge is 2.39. The van der Waals surface area contributed by atoms with Crippen molar-refractivity contribution in [2.24, 2.45) is 0 Å². The molecule has 1 aliphatic carbocycles. The van der Waals surface area contributed by atoms with E-state index in [2.05, 4.69) is 4.98 Å². The fourth-order valence-electron chi connectivity index (χ4n) is 3.85. The number of nitrogens with zero attached hydrogens (tertiary/aromatic N) is 2. The van der Waals surface area contributed by atoms with Gasteiger partial charge in [0.25, 0.3) is 5.69 Å². The lowest BCUT2D eigenvalue weighted by molar-refractivity contribution is -0.385. The zero-order chi connectivity index (χ0) is 26.3. The van der Waals surface area contributed by atoms with Crippen LogP contribution in [0.5, 0.6) is 17.4 Å². The van der Waals surface area contributed by atoms with Gasteiger partial charge >= 0.3 is 5.97 Å². The third-order valence-electron chi connectivity index (χ3n) is 5.49. The lowest BCUT2D eigenvalue weighted by Gasteiger charge is -2.18. The van der Waals surface area contributed by atoms with Crippen LogP contribution >= 0.6 is 23.2 Å². The molecule has 3 aromatic carbocycles. The number of hydrogen-bond donors (Lipinski definition) is 0. The standard InChI is InChI=1S/C26H12Cl2N2O7/c27-13-11-20(28)25(29-12-13)36-14-5-7-15(8-6-14)37-26(33)19-10-9-18-21(22(19)30(34)35)24(32)17-4-2-1-3-16(17)23(18)31/h1-12H. The van der Waals surface area contributed by atoms with E-state index < -0.39 is 39.3 Å². The van der Waals surface area contributed by atoms with E-state index in [9.17, 15) is 24.5 Å². The molecular weight excluding hydrogens is 523 g/mol. The Morgan fingerprint density at radius 2 is 1.51 bits per heavy atom. The van der Waals surface area contributed by atoms with Crippen LogP contribution in [-0.2, 0) is 0 Å².